The lowest BCUT2D eigenvalue weighted by Crippen LogP contribution is -2.56. The Bertz CT molecular complexity index is 894. The molecule has 1 aromatic rings. The van der Waals surface area contributed by atoms with Gasteiger partial charge in [0.05, 0.1) is 12.7 Å². The van der Waals surface area contributed by atoms with Gasteiger partial charge in [0.25, 0.3) is 0 Å². The first-order valence-electron chi connectivity index (χ1n) is 16.8. The Morgan fingerprint density at radius 3 is 2.23 bits per heavy atom. The summed E-state index contributed by atoms with van der Waals surface area (Å²) in [6.07, 6.45) is 14.8. The summed E-state index contributed by atoms with van der Waals surface area (Å²) in [5.41, 5.74) is 9.06. The summed E-state index contributed by atoms with van der Waals surface area (Å²) in [7, 11) is 0. The van der Waals surface area contributed by atoms with Gasteiger partial charge in [0.2, 0.25) is 0 Å². The number of nitrogens with two attached hydrogens (primary N) is 1. The highest BCUT2D eigenvalue weighted by atomic mass is 16.5. The number of hydrogen-bond donors (Lipinski definition) is 1. The monoisotopic (exact) mass is 537 g/mol. The number of ether oxygens (including phenoxy) is 1. The van der Waals surface area contributed by atoms with Crippen LogP contribution in [0, 0.1) is 51.8 Å². The summed E-state index contributed by atoms with van der Waals surface area (Å²) in [6.45, 7) is 20.9. The highest BCUT2D eigenvalue weighted by Crippen LogP contribution is 2.70. The summed E-state index contributed by atoms with van der Waals surface area (Å²) >= 11 is 0. The van der Waals surface area contributed by atoms with Crippen molar-refractivity contribution in [1.29, 1.82) is 0 Å². The Hall–Kier alpha value is -0.860. The summed E-state index contributed by atoms with van der Waals surface area (Å²) in [5.74, 6) is 4.58. The fourth-order valence-electron chi connectivity index (χ4n) is 9.80. The summed E-state index contributed by atoms with van der Waals surface area (Å²) in [6, 6.07) is 11.2. The van der Waals surface area contributed by atoms with Crippen molar-refractivity contribution in [2.45, 2.75) is 145 Å². The molecule has 3 saturated carbocycles. The van der Waals surface area contributed by atoms with Crippen LogP contribution in [0.4, 0.5) is 0 Å². The molecule has 0 aliphatic heterocycles. The lowest BCUT2D eigenvalue weighted by atomic mass is 9.46. The van der Waals surface area contributed by atoms with E-state index in [1.807, 2.05) is 0 Å². The molecule has 2 heteroatoms. The number of fused-ring (bicyclic) bond motifs is 3. The second-order valence-electron chi connectivity index (χ2n) is 16.0. The molecule has 0 bridgehead atoms. The first kappa shape index (κ1) is 31.1. The SMILES string of the molecule is CC(C)CCCC(C)C1CCC2(C)C3C(OCc4ccccc4)CCC(C)(C)C(N)CCC(C)C3CCC12C. The molecule has 1 aromatic carbocycles. The third-order valence-corrected chi connectivity index (χ3v) is 12.9. The minimum absolute atomic E-state index is 0.156. The van der Waals surface area contributed by atoms with Crippen molar-refractivity contribution in [3.05, 3.63) is 35.9 Å². The Labute approximate surface area is 242 Å². The second-order valence-corrected chi connectivity index (χ2v) is 16.0. The van der Waals surface area contributed by atoms with Crippen molar-refractivity contribution in [1.82, 2.24) is 0 Å². The summed E-state index contributed by atoms with van der Waals surface area (Å²) < 4.78 is 7.11. The molecule has 4 rings (SSSR count). The van der Waals surface area contributed by atoms with E-state index in [4.69, 9.17) is 10.5 Å². The lowest BCUT2D eigenvalue weighted by molar-refractivity contribution is -0.158. The Morgan fingerprint density at radius 2 is 1.54 bits per heavy atom. The van der Waals surface area contributed by atoms with Crippen molar-refractivity contribution < 1.29 is 4.74 Å². The van der Waals surface area contributed by atoms with Crippen molar-refractivity contribution in [3.8, 4) is 0 Å². The van der Waals surface area contributed by atoms with Gasteiger partial charge in [0.1, 0.15) is 0 Å². The van der Waals surface area contributed by atoms with Crippen molar-refractivity contribution in [2.75, 3.05) is 0 Å². The normalized spacial score (nSPS) is 39.6. The molecule has 9 atom stereocenters. The minimum Gasteiger partial charge on any atom is -0.373 e. The molecule has 3 aliphatic rings. The van der Waals surface area contributed by atoms with Crippen molar-refractivity contribution in [3.63, 3.8) is 0 Å². The van der Waals surface area contributed by atoms with Gasteiger partial charge in [-0.2, -0.15) is 0 Å². The molecule has 0 amide bonds. The Morgan fingerprint density at radius 1 is 0.846 bits per heavy atom. The highest BCUT2D eigenvalue weighted by molar-refractivity contribution is 5.15. The average molecular weight is 538 g/mol. The van der Waals surface area contributed by atoms with Gasteiger partial charge >= 0.3 is 0 Å². The van der Waals surface area contributed by atoms with Crippen LogP contribution in [0.1, 0.15) is 132 Å². The van der Waals surface area contributed by atoms with E-state index >= 15 is 0 Å². The van der Waals surface area contributed by atoms with Gasteiger partial charge in [-0.15, -0.1) is 0 Å². The molecule has 0 saturated heterocycles. The van der Waals surface area contributed by atoms with Gasteiger partial charge in [-0.3, -0.25) is 0 Å². The first-order valence-corrected chi connectivity index (χ1v) is 16.8. The Balaban J connectivity index is 1.66. The first-order chi connectivity index (χ1) is 18.4. The van der Waals surface area contributed by atoms with E-state index in [1.54, 1.807) is 0 Å². The molecule has 2 nitrogen and oxygen atoms in total. The van der Waals surface area contributed by atoms with Crippen LogP contribution < -0.4 is 5.73 Å². The molecule has 222 valence electrons. The zero-order chi connectivity index (χ0) is 28.4. The molecular formula is C37H63NO. The van der Waals surface area contributed by atoms with E-state index in [1.165, 1.54) is 56.9 Å². The standard InChI is InChI=1S/C37H63NO/c1-26(2)13-12-14-28(4)31-20-24-37(8)34-30(19-23-36(31,37)7)27(3)17-18-33(38)35(5,6)22-21-32(34)39-25-29-15-10-9-11-16-29/h9-11,15-16,26-28,30-34H,12-14,17-25,38H2,1-8H3. The van der Waals surface area contributed by atoms with Crippen molar-refractivity contribution >= 4 is 0 Å². The number of benzene rings is 1. The number of rotatable bonds is 8. The predicted molar refractivity (Wildman–Crippen MR) is 167 cm³/mol. The van der Waals surface area contributed by atoms with Crippen LogP contribution in [0.5, 0.6) is 0 Å². The maximum atomic E-state index is 7.11. The molecule has 0 aromatic heterocycles. The largest absolute Gasteiger partial charge is 0.373 e. The smallest absolute Gasteiger partial charge is 0.0720 e. The molecule has 3 aliphatic carbocycles. The quantitative estimate of drug-likeness (QED) is 0.358. The highest BCUT2D eigenvalue weighted by Gasteiger charge is 2.64. The molecule has 0 heterocycles. The van der Waals surface area contributed by atoms with Crippen LogP contribution in [0.2, 0.25) is 0 Å². The van der Waals surface area contributed by atoms with E-state index in [9.17, 15) is 0 Å². The van der Waals surface area contributed by atoms with Gasteiger partial charge in [-0.25, -0.2) is 0 Å². The molecular weight excluding hydrogens is 474 g/mol. The van der Waals surface area contributed by atoms with Gasteiger partial charge in [0.15, 0.2) is 0 Å². The van der Waals surface area contributed by atoms with Gasteiger partial charge < -0.3 is 10.5 Å². The maximum Gasteiger partial charge on any atom is 0.0720 e. The van der Waals surface area contributed by atoms with E-state index in [-0.39, 0.29) is 11.5 Å². The van der Waals surface area contributed by atoms with Crippen LogP contribution in [-0.2, 0) is 11.3 Å². The van der Waals surface area contributed by atoms with Crippen LogP contribution >= 0.6 is 0 Å². The van der Waals surface area contributed by atoms with Crippen LogP contribution in [0.25, 0.3) is 0 Å². The fraction of sp³-hybridized carbons (Fsp3) is 0.838. The molecule has 2 N–H and O–H groups in total. The number of hydrogen-bond acceptors (Lipinski definition) is 2. The van der Waals surface area contributed by atoms with E-state index < -0.39 is 0 Å². The van der Waals surface area contributed by atoms with Crippen LogP contribution in [0.15, 0.2) is 30.3 Å². The minimum atomic E-state index is 0.156. The summed E-state index contributed by atoms with van der Waals surface area (Å²) in [5, 5.41) is 0. The maximum absolute atomic E-state index is 7.11. The molecule has 3 fully saturated rings. The van der Waals surface area contributed by atoms with Crippen LogP contribution in [-0.4, -0.2) is 12.1 Å². The van der Waals surface area contributed by atoms with Crippen LogP contribution in [0.3, 0.4) is 0 Å². The van der Waals surface area contributed by atoms with Gasteiger partial charge in [0, 0.05) is 6.04 Å². The molecule has 9 unspecified atom stereocenters. The molecule has 0 spiro atoms. The average Bonchev–Trinajstić information content (AvgIpc) is 3.17. The third-order valence-electron chi connectivity index (χ3n) is 12.9. The lowest BCUT2D eigenvalue weighted by Gasteiger charge is -2.60. The molecule has 39 heavy (non-hydrogen) atoms. The topological polar surface area (TPSA) is 35.2 Å². The van der Waals surface area contributed by atoms with Gasteiger partial charge in [-0.1, -0.05) is 105 Å². The van der Waals surface area contributed by atoms with Gasteiger partial charge in [-0.05, 0) is 109 Å². The van der Waals surface area contributed by atoms with E-state index in [0.29, 0.717) is 28.8 Å². The van der Waals surface area contributed by atoms with Crippen molar-refractivity contribution in [2.24, 2.45) is 57.5 Å². The molecule has 0 radical (unpaired) electrons. The summed E-state index contributed by atoms with van der Waals surface area (Å²) in [4.78, 5) is 0. The zero-order valence-corrected chi connectivity index (χ0v) is 27.0. The predicted octanol–water partition coefficient (Wildman–Crippen LogP) is 10.0. The third kappa shape index (κ3) is 6.48. The fourth-order valence-corrected chi connectivity index (χ4v) is 9.80. The Kier molecular flexibility index (Phi) is 10.0. The van der Waals surface area contributed by atoms with E-state index in [0.717, 1.165) is 49.5 Å². The second kappa shape index (κ2) is 12.6. The van der Waals surface area contributed by atoms with E-state index in [2.05, 4.69) is 85.7 Å². The zero-order valence-electron chi connectivity index (χ0n) is 27.0.